The molecule has 3 nitrogen and oxygen atoms in total. The Morgan fingerprint density at radius 1 is 0.400 bits per heavy atom. The van der Waals surface area contributed by atoms with E-state index < -0.39 is 0 Å². The molecule has 0 aliphatic heterocycles. The highest BCUT2D eigenvalue weighted by molar-refractivity contribution is 6.13. The molecule has 1 aliphatic carbocycles. The molecule has 0 radical (unpaired) electrons. The number of pyridine rings is 1. The number of nitrogens with zero attached hydrogens (tertiary/aromatic N) is 3. The van der Waals surface area contributed by atoms with Crippen molar-refractivity contribution in [2.45, 2.75) is 12.8 Å². The second kappa shape index (κ2) is 12.9. The standard InChI is InChI=1S/C47H33N3/c1-2-10-32(11-3-1)33-21-25-36(26-22-33)47-49-45(35-23-19-34(20-24-35)40-15-9-27-48-31-40)30-46(50-47)39-14-8-13-37(28-39)44-29-38-12-4-5-16-41(38)42-17-6-7-18-43(42)44/h1-21,23-25,27-31H,22,26H2. The van der Waals surface area contributed by atoms with Gasteiger partial charge in [-0.15, -0.1) is 0 Å². The van der Waals surface area contributed by atoms with Gasteiger partial charge in [0.1, 0.15) is 0 Å². The van der Waals surface area contributed by atoms with E-state index in [0.29, 0.717) is 0 Å². The van der Waals surface area contributed by atoms with Crippen molar-refractivity contribution in [1.29, 1.82) is 0 Å². The van der Waals surface area contributed by atoms with Crippen molar-refractivity contribution < 1.29 is 0 Å². The number of rotatable bonds is 6. The van der Waals surface area contributed by atoms with Crippen LogP contribution < -0.4 is 0 Å². The summed E-state index contributed by atoms with van der Waals surface area (Å²) in [6.45, 7) is 0. The van der Waals surface area contributed by atoms with Crippen LogP contribution in [0.4, 0.5) is 0 Å². The molecule has 0 fully saturated rings. The van der Waals surface area contributed by atoms with E-state index in [-0.39, 0.29) is 0 Å². The lowest BCUT2D eigenvalue weighted by atomic mass is 9.92. The topological polar surface area (TPSA) is 38.7 Å². The van der Waals surface area contributed by atoms with Crippen LogP contribution in [-0.2, 0) is 0 Å². The lowest BCUT2D eigenvalue weighted by molar-refractivity contribution is 1.02. The van der Waals surface area contributed by atoms with E-state index in [9.17, 15) is 0 Å². The maximum atomic E-state index is 5.25. The molecule has 0 unspecified atom stereocenters. The summed E-state index contributed by atoms with van der Waals surface area (Å²) >= 11 is 0. The van der Waals surface area contributed by atoms with E-state index in [4.69, 9.17) is 9.97 Å². The van der Waals surface area contributed by atoms with Gasteiger partial charge in [-0.25, -0.2) is 9.97 Å². The van der Waals surface area contributed by atoms with Crippen LogP contribution in [0.25, 0.3) is 77.5 Å². The Kier molecular flexibility index (Phi) is 7.64. The van der Waals surface area contributed by atoms with E-state index in [1.165, 1.54) is 43.8 Å². The van der Waals surface area contributed by atoms with Crippen molar-refractivity contribution >= 4 is 32.7 Å². The SMILES string of the molecule is C1=C(c2ccccc2)CCC(c2nc(-c3ccc(-c4cccnc4)cc3)cc(-c3cccc(-c4cc5ccccc5c5ccccc45)c3)n2)=C1. The summed E-state index contributed by atoms with van der Waals surface area (Å²) < 4.78 is 0. The van der Waals surface area contributed by atoms with Crippen molar-refractivity contribution in [2.75, 3.05) is 0 Å². The van der Waals surface area contributed by atoms with Gasteiger partial charge < -0.3 is 0 Å². The van der Waals surface area contributed by atoms with Crippen molar-refractivity contribution in [3.63, 3.8) is 0 Å². The molecule has 0 N–H and O–H groups in total. The summed E-state index contributed by atoms with van der Waals surface area (Å²) in [5, 5.41) is 5.02. The molecule has 236 valence electrons. The van der Waals surface area contributed by atoms with Crippen LogP contribution in [0.2, 0.25) is 0 Å². The molecule has 2 heterocycles. The summed E-state index contributed by atoms with van der Waals surface area (Å²) in [6, 6.07) is 53.9. The minimum Gasteiger partial charge on any atom is -0.264 e. The van der Waals surface area contributed by atoms with Crippen LogP contribution in [0.15, 0.2) is 176 Å². The number of hydrogen-bond donors (Lipinski definition) is 0. The third-order valence-electron chi connectivity index (χ3n) is 9.72. The van der Waals surface area contributed by atoms with Crippen molar-refractivity contribution in [3.05, 3.63) is 188 Å². The Balaban J connectivity index is 1.16. The summed E-state index contributed by atoms with van der Waals surface area (Å²) in [5.74, 6) is 0.777. The van der Waals surface area contributed by atoms with Gasteiger partial charge in [-0.3, -0.25) is 4.98 Å². The highest BCUT2D eigenvalue weighted by atomic mass is 14.9. The molecule has 1 aliphatic rings. The Hall–Kier alpha value is -6.45. The lowest BCUT2D eigenvalue weighted by Crippen LogP contribution is -2.02. The highest BCUT2D eigenvalue weighted by Crippen LogP contribution is 2.38. The number of fused-ring (bicyclic) bond motifs is 3. The molecule has 0 atom stereocenters. The first-order valence-corrected chi connectivity index (χ1v) is 17.1. The van der Waals surface area contributed by atoms with Crippen molar-refractivity contribution in [2.24, 2.45) is 0 Å². The van der Waals surface area contributed by atoms with Crippen LogP contribution in [-0.4, -0.2) is 15.0 Å². The van der Waals surface area contributed by atoms with Crippen LogP contribution >= 0.6 is 0 Å². The van der Waals surface area contributed by atoms with Crippen molar-refractivity contribution in [1.82, 2.24) is 15.0 Å². The fourth-order valence-corrected chi connectivity index (χ4v) is 7.11. The van der Waals surface area contributed by atoms with Gasteiger partial charge in [0.25, 0.3) is 0 Å². The largest absolute Gasteiger partial charge is 0.264 e. The molecular formula is C47H33N3. The van der Waals surface area contributed by atoms with E-state index in [1.54, 1.807) is 6.20 Å². The molecule has 0 bridgehead atoms. The highest BCUT2D eigenvalue weighted by Gasteiger charge is 2.17. The van der Waals surface area contributed by atoms with Crippen LogP contribution in [0.3, 0.4) is 0 Å². The van der Waals surface area contributed by atoms with E-state index in [1.807, 2.05) is 12.3 Å². The van der Waals surface area contributed by atoms with E-state index in [2.05, 4.69) is 163 Å². The number of allylic oxidation sites excluding steroid dienone is 4. The first-order chi connectivity index (χ1) is 24.8. The summed E-state index contributed by atoms with van der Waals surface area (Å²) in [4.78, 5) is 14.7. The first kappa shape index (κ1) is 29.7. The predicted octanol–water partition coefficient (Wildman–Crippen LogP) is 12.1. The van der Waals surface area contributed by atoms with E-state index in [0.717, 1.165) is 57.9 Å². The third kappa shape index (κ3) is 5.69. The second-order valence-corrected chi connectivity index (χ2v) is 12.8. The van der Waals surface area contributed by atoms with Crippen LogP contribution in [0, 0.1) is 0 Å². The smallest absolute Gasteiger partial charge is 0.156 e. The van der Waals surface area contributed by atoms with Gasteiger partial charge in [-0.1, -0.05) is 140 Å². The van der Waals surface area contributed by atoms with E-state index >= 15 is 0 Å². The molecule has 3 heteroatoms. The fourth-order valence-electron chi connectivity index (χ4n) is 7.11. The maximum Gasteiger partial charge on any atom is 0.156 e. The average Bonchev–Trinajstić information content (AvgIpc) is 3.21. The fraction of sp³-hybridized carbons (Fsp3) is 0.0426. The third-order valence-corrected chi connectivity index (χ3v) is 9.72. The molecule has 9 rings (SSSR count). The lowest BCUT2D eigenvalue weighted by Gasteiger charge is -2.16. The van der Waals surface area contributed by atoms with Gasteiger partial charge in [0.05, 0.1) is 11.4 Å². The number of benzene rings is 6. The molecule has 0 saturated heterocycles. The van der Waals surface area contributed by atoms with Gasteiger partial charge >= 0.3 is 0 Å². The Bertz CT molecular complexity index is 2570. The zero-order valence-corrected chi connectivity index (χ0v) is 27.5. The Morgan fingerprint density at radius 2 is 1.04 bits per heavy atom. The molecule has 6 aromatic carbocycles. The molecule has 2 aromatic heterocycles. The molecular weight excluding hydrogens is 607 g/mol. The van der Waals surface area contributed by atoms with Gasteiger partial charge in [0, 0.05) is 23.5 Å². The maximum absolute atomic E-state index is 5.25. The van der Waals surface area contributed by atoms with Gasteiger partial charge in [-0.2, -0.15) is 0 Å². The zero-order valence-electron chi connectivity index (χ0n) is 27.5. The molecule has 8 aromatic rings. The van der Waals surface area contributed by atoms with Crippen molar-refractivity contribution in [3.8, 4) is 44.8 Å². The van der Waals surface area contributed by atoms with Gasteiger partial charge in [0.15, 0.2) is 5.82 Å². The van der Waals surface area contributed by atoms with Gasteiger partial charge in [-0.05, 0) is 97.6 Å². The minimum absolute atomic E-state index is 0.777. The quantitative estimate of drug-likeness (QED) is 0.170. The minimum atomic E-state index is 0.777. The normalized spacial score (nSPS) is 12.9. The summed E-state index contributed by atoms with van der Waals surface area (Å²) in [7, 11) is 0. The molecule has 50 heavy (non-hydrogen) atoms. The summed E-state index contributed by atoms with van der Waals surface area (Å²) in [6.07, 6.45) is 9.97. The Labute approximate surface area is 292 Å². The monoisotopic (exact) mass is 639 g/mol. The Morgan fingerprint density at radius 3 is 1.82 bits per heavy atom. The molecule has 0 amide bonds. The van der Waals surface area contributed by atoms with Gasteiger partial charge in [0.2, 0.25) is 0 Å². The zero-order chi connectivity index (χ0) is 33.3. The molecule has 0 spiro atoms. The summed E-state index contributed by atoms with van der Waals surface area (Å²) in [5.41, 5.74) is 12.3. The predicted molar refractivity (Wildman–Crippen MR) is 208 cm³/mol. The average molecular weight is 640 g/mol. The number of aromatic nitrogens is 3. The van der Waals surface area contributed by atoms with Crippen LogP contribution in [0.1, 0.15) is 24.2 Å². The second-order valence-electron chi connectivity index (χ2n) is 12.8. The van der Waals surface area contributed by atoms with Crippen LogP contribution in [0.5, 0.6) is 0 Å². The number of hydrogen-bond acceptors (Lipinski definition) is 3. The first-order valence-electron chi connectivity index (χ1n) is 17.1. The molecule has 0 saturated carbocycles.